The topological polar surface area (TPSA) is 149 Å². The molecule has 1 aliphatic carbocycles. The highest BCUT2D eigenvalue weighted by atomic mass is 31.2. The smallest absolute Gasteiger partial charge is 0.462 e. The van der Waals surface area contributed by atoms with Gasteiger partial charge in [-0.2, -0.15) is 0 Å². The number of phosphoric acid groups is 1. The predicted molar refractivity (Wildman–Crippen MR) is 199 cm³/mol. The van der Waals surface area contributed by atoms with Crippen molar-refractivity contribution >= 4 is 19.8 Å². The van der Waals surface area contributed by atoms with Crippen LogP contribution in [0.1, 0.15) is 187 Å². The first-order valence-corrected chi connectivity index (χ1v) is 22.0. The lowest BCUT2D eigenvalue weighted by Crippen LogP contribution is -2.29. The number of unbranched alkanes of at least 4 members (excludes halogenated alkanes) is 19. The van der Waals surface area contributed by atoms with Gasteiger partial charge in [-0.3, -0.25) is 18.6 Å². The number of carbonyl (C=O) groups is 2. The summed E-state index contributed by atoms with van der Waals surface area (Å²) in [6.07, 6.45) is 28.3. The van der Waals surface area contributed by atoms with Crippen molar-refractivity contribution in [2.45, 2.75) is 199 Å². The van der Waals surface area contributed by atoms with Crippen molar-refractivity contribution in [1.82, 2.24) is 0 Å². The summed E-state index contributed by atoms with van der Waals surface area (Å²) in [5.74, 6) is 0.973. The molecule has 0 spiro atoms. The lowest BCUT2D eigenvalue weighted by atomic mass is 10.0. The molecule has 0 heterocycles. The molecule has 0 radical (unpaired) electrons. The third-order valence-electron chi connectivity index (χ3n) is 9.73. The van der Waals surface area contributed by atoms with Gasteiger partial charge in [0.05, 0.1) is 19.8 Å². The quantitative estimate of drug-likeness (QED) is 0.0320. The highest BCUT2D eigenvalue weighted by Crippen LogP contribution is 2.46. The van der Waals surface area contributed by atoms with Gasteiger partial charge in [0.25, 0.3) is 0 Å². The summed E-state index contributed by atoms with van der Waals surface area (Å²) in [6, 6.07) is 0. The molecule has 296 valence electrons. The summed E-state index contributed by atoms with van der Waals surface area (Å²) in [5.41, 5.74) is 0. The third kappa shape index (κ3) is 28.5. The van der Waals surface area contributed by atoms with E-state index in [1.807, 2.05) is 0 Å². The minimum Gasteiger partial charge on any atom is -0.462 e. The van der Waals surface area contributed by atoms with Gasteiger partial charge < -0.3 is 24.6 Å². The SMILES string of the molecule is CCCCCCCCCCCCCCCC(=O)OC[C@H](COP(=O)(O)OC[C@@H](O)CO)OC(=O)CCCCCCCC1CC1CCCCCC. The number of esters is 2. The van der Waals surface area contributed by atoms with Crippen LogP contribution in [0.3, 0.4) is 0 Å². The van der Waals surface area contributed by atoms with Crippen LogP contribution in [0, 0.1) is 11.8 Å². The number of hydrogen-bond donors (Lipinski definition) is 3. The van der Waals surface area contributed by atoms with Gasteiger partial charge in [0.1, 0.15) is 12.7 Å². The van der Waals surface area contributed by atoms with Crippen molar-refractivity contribution in [3.8, 4) is 0 Å². The van der Waals surface area contributed by atoms with E-state index < -0.39 is 51.8 Å². The van der Waals surface area contributed by atoms with Crippen molar-refractivity contribution in [3.63, 3.8) is 0 Å². The zero-order chi connectivity index (χ0) is 36.7. The number of hydrogen-bond acceptors (Lipinski definition) is 9. The summed E-state index contributed by atoms with van der Waals surface area (Å²) >= 11 is 0. The fourth-order valence-corrected chi connectivity index (χ4v) is 7.20. The van der Waals surface area contributed by atoms with E-state index in [9.17, 15) is 24.2 Å². The van der Waals surface area contributed by atoms with Crippen molar-refractivity contribution < 1.29 is 47.8 Å². The summed E-state index contributed by atoms with van der Waals surface area (Å²) in [5, 5.41) is 18.3. The van der Waals surface area contributed by atoms with Crippen molar-refractivity contribution in [1.29, 1.82) is 0 Å². The van der Waals surface area contributed by atoms with E-state index in [0.717, 1.165) is 43.9 Å². The van der Waals surface area contributed by atoms with Crippen LogP contribution in [-0.4, -0.2) is 65.7 Å². The summed E-state index contributed by atoms with van der Waals surface area (Å²) in [6.45, 7) is 2.41. The van der Waals surface area contributed by atoms with Crippen LogP contribution in [0.15, 0.2) is 0 Å². The molecule has 0 saturated heterocycles. The van der Waals surface area contributed by atoms with Gasteiger partial charge in [0.2, 0.25) is 0 Å². The number of ether oxygens (including phenoxy) is 2. The van der Waals surface area contributed by atoms with E-state index in [-0.39, 0.29) is 19.4 Å². The van der Waals surface area contributed by atoms with E-state index in [1.54, 1.807) is 0 Å². The molecule has 0 amide bonds. The number of phosphoric ester groups is 1. The number of aliphatic hydroxyl groups is 2. The largest absolute Gasteiger partial charge is 0.472 e. The van der Waals surface area contributed by atoms with Gasteiger partial charge in [-0.1, -0.05) is 155 Å². The molecule has 3 N–H and O–H groups in total. The molecule has 10 nitrogen and oxygen atoms in total. The monoisotopic (exact) mass is 735 g/mol. The molecule has 11 heteroatoms. The first-order valence-electron chi connectivity index (χ1n) is 20.5. The zero-order valence-electron chi connectivity index (χ0n) is 31.9. The van der Waals surface area contributed by atoms with Gasteiger partial charge in [0.15, 0.2) is 6.10 Å². The summed E-state index contributed by atoms with van der Waals surface area (Å²) < 4.78 is 32.7. The molecule has 0 aromatic carbocycles. The fraction of sp³-hybridized carbons (Fsp3) is 0.949. The normalized spacial score (nSPS) is 18.0. The van der Waals surface area contributed by atoms with Gasteiger partial charge in [-0.25, -0.2) is 4.57 Å². The Hall–Kier alpha value is -1.03. The number of rotatable bonds is 37. The Morgan fingerprint density at radius 1 is 0.620 bits per heavy atom. The highest BCUT2D eigenvalue weighted by molar-refractivity contribution is 7.47. The molecule has 1 aliphatic rings. The van der Waals surface area contributed by atoms with Crippen molar-refractivity contribution in [2.24, 2.45) is 11.8 Å². The predicted octanol–water partition coefficient (Wildman–Crippen LogP) is 9.75. The second-order valence-corrected chi connectivity index (χ2v) is 16.0. The molecule has 0 aromatic heterocycles. The molecule has 0 aromatic rings. The average molecular weight is 735 g/mol. The molecule has 3 unspecified atom stereocenters. The summed E-state index contributed by atoms with van der Waals surface area (Å²) in [4.78, 5) is 34.9. The molecule has 5 atom stereocenters. The van der Waals surface area contributed by atoms with Crippen molar-refractivity contribution in [2.75, 3.05) is 26.4 Å². The van der Waals surface area contributed by atoms with Gasteiger partial charge in [-0.15, -0.1) is 0 Å². The Kier molecular flexibility index (Phi) is 29.6. The van der Waals surface area contributed by atoms with E-state index in [4.69, 9.17) is 19.1 Å². The maximum atomic E-state index is 12.6. The number of aliphatic hydroxyl groups excluding tert-OH is 2. The van der Waals surface area contributed by atoms with Crippen LogP contribution in [0.4, 0.5) is 0 Å². The third-order valence-corrected chi connectivity index (χ3v) is 10.7. The molecular weight excluding hydrogens is 659 g/mol. The summed E-state index contributed by atoms with van der Waals surface area (Å²) in [7, 11) is -4.60. The minimum atomic E-state index is -4.60. The van der Waals surface area contributed by atoms with Crippen molar-refractivity contribution in [3.05, 3.63) is 0 Å². The first kappa shape index (κ1) is 47.0. The Labute approximate surface area is 304 Å². The standard InChI is InChI=1S/C39H75O10P/c1-3-5-7-9-10-11-12-13-14-15-16-19-23-27-38(42)46-32-37(33-48-50(44,45)47-31-36(41)30-40)49-39(43)28-24-20-17-18-22-26-35-29-34(35)25-21-8-6-4-2/h34-37,40-41H,3-33H2,1-2H3,(H,44,45)/t34?,35?,36-,37+/m0/s1. The lowest BCUT2D eigenvalue weighted by Gasteiger charge is -2.20. The fourth-order valence-electron chi connectivity index (χ4n) is 6.41. The molecule has 50 heavy (non-hydrogen) atoms. The molecule has 1 rings (SSSR count). The van der Waals surface area contributed by atoms with Gasteiger partial charge >= 0.3 is 19.8 Å². The molecule has 1 saturated carbocycles. The first-order chi connectivity index (χ1) is 24.2. The van der Waals surface area contributed by atoms with Crippen LogP contribution in [0.25, 0.3) is 0 Å². The minimum absolute atomic E-state index is 0.196. The Morgan fingerprint density at radius 3 is 1.54 bits per heavy atom. The highest BCUT2D eigenvalue weighted by Gasteiger charge is 2.35. The van der Waals surface area contributed by atoms with E-state index in [2.05, 4.69) is 18.4 Å². The van der Waals surface area contributed by atoms with Crippen LogP contribution >= 0.6 is 7.82 Å². The maximum absolute atomic E-state index is 12.6. The molecule has 0 aliphatic heterocycles. The molecule has 0 bridgehead atoms. The number of carbonyl (C=O) groups excluding carboxylic acids is 2. The van der Waals surface area contributed by atoms with E-state index in [1.165, 1.54) is 116 Å². The van der Waals surface area contributed by atoms with Gasteiger partial charge in [0, 0.05) is 12.8 Å². The lowest BCUT2D eigenvalue weighted by molar-refractivity contribution is -0.161. The Morgan fingerprint density at radius 2 is 1.04 bits per heavy atom. The van der Waals surface area contributed by atoms with Crippen LogP contribution in [0.2, 0.25) is 0 Å². The van der Waals surface area contributed by atoms with E-state index >= 15 is 0 Å². The maximum Gasteiger partial charge on any atom is 0.472 e. The van der Waals surface area contributed by atoms with Crippen LogP contribution < -0.4 is 0 Å². The van der Waals surface area contributed by atoms with E-state index in [0.29, 0.717) is 12.8 Å². The zero-order valence-corrected chi connectivity index (χ0v) is 32.8. The van der Waals surface area contributed by atoms with Gasteiger partial charge in [-0.05, 0) is 31.1 Å². The molecule has 1 fully saturated rings. The Bertz CT molecular complexity index is 872. The second-order valence-electron chi connectivity index (χ2n) is 14.6. The van der Waals surface area contributed by atoms with Crippen LogP contribution in [-0.2, 0) is 32.7 Å². The molecular formula is C39H75O10P. The Balaban J connectivity index is 2.27. The second kappa shape index (κ2) is 31.5. The van der Waals surface area contributed by atoms with Crippen LogP contribution in [0.5, 0.6) is 0 Å². The average Bonchev–Trinajstić information content (AvgIpc) is 3.86.